The normalized spacial score (nSPS) is 18.3. The highest BCUT2D eigenvalue weighted by Gasteiger charge is 2.37. The molecule has 1 aromatic heterocycles. The molecule has 0 amide bonds. The summed E-state index contributed by atoms with van der Waals surface area (Å²) in [5, 5.41) is 14.1. The summed E-state index contributed by atoms with van der Waals surface area (Å²) in [4.78, 5) is 0. The van der Waals surface area contributed by atoms with E-state index in [1.54, 1.807) is 24.3 Å². The number of allylic oxidation sites excluding steroid dienone is 1. The number of alkyl halides is 3. The standard InChI is InChI=1S/C23H17F4NO2/c24-17-11-12-4-1-2-7-16(12)19(17)21-20(29)18(22(30-21)28-15-8-9-15)13-5-3-6-14(10-13)23(25,26)27/h1-7,10-11,15,19,28-29H,8-9H2. The highest BCUT2D eigenvalue weighted by molar-refractivity contribution is 5.83. The number of hydrogen-bond acceptors (Lipinski definition) is 3. The molecule has 3 nitrogen and oxygen atoms in total. The van der Waals surface area contributed by atoms with Crippen LogP contribution in [-0.4, -0.2) is 11.1 Å². The maximum absolute atomic E-state index is 14.8. The molecule has 154 valence electrons. The second-order valence-electron chi connectivity index (χ2n) is 7.61. The van der Waals surface area contributed by atoms with Crippen molar-refractivity contribution >= 4 is 12.0 Å². The van der Waals surface area contributed by atoms with E-state index in [1.165, 1.54) is 18.2 Å². The summed E-state index contributed by atoms with van der Waals surface area (Å²) in [6.07, 6.45) is -1.37. The third kappa shape index (κ3) is 3.14. The molecule has 1 fully saturated rings. The molecule has 1 unspecified atom stereocenters. The number of hydrogen-bond donors (Lipinski definition) is 2. The van der Waals surface area contributed by atoms with Crippen molar-refractivity contribution in [3.8, 4) is 16.9 Å². The van der Waals surface area contributed by atoms with Gasteiger partial charge in [0.25, 0.3) is 0 Å². The number of furan rings is 1. The van der Waals surface area contributed by atoms with Crippen molar-refractivity contribution in [2.24, 2.45) is 0 Å². The van der Waals surface area contributed by atoms with Crippen molar-refractivity contribution < 1.29 is 27.1 Å². The van der Waals surface area contributed by atoms with Crippen molar-refractivity contribution in [3.63, 3.8) is 0 Å². The lowest BCUT2D eigenvalue weighted by Crippen LogP contribution is -2.05. The zero-order chi connectivity index (χ0) is 21.0. The molecule has 2 aliphatic carbocycles. The topological polar surface area (TPSA) is 45.4 Å². The third-order valence-corrected chi connectivity index (χ3v) is 5.44. The molecule has 30 heavy (non-hydrogen) atoms. The molecule has 0 radical (unpaired) electrons. The molecule has 1 atom stereocenters. The molecule has 3 aromatic rings. The molecular weight excluding hydrogens is 398 g/mol. The van der Waals surface area contributed by atoms with Crippen molar-refractivity contribution in [2.45, 2.75) is 31.0 Å². The van der Waals surface area contributed by atoms with Gasteiger partial charge in [0.05, 0.1) is 17.0 Å². The predicted octanol–water partition coefficient (Wildman–Crippen LogP) is 6.70. The van der Waals surface area contributed by atoms with Gasteiger partial charge in [-0.05, 0) is 47.7 Å². The van der Waals surface area contributed by atoms with Crippen LogP contribution in [0.1, 0.15) is 41.2 Å². The van der Waals surface area contributed by atoms with Gasteiger partial charge in [0.15, 0.2) is 11.5 Å². The molecule has 0 spiro atoms. The SMILES string of the molecule is Oc1c(C2C(F)=Cc3ccccc32)oc(NC2CC2)c1-c1cccc(C(F)(F)F)c1. The highest BCUT2D eigenvalue weighted by Crippen LogP contribution is 2.52. The molecule has 2 aromatic carbocycles. The van der Waals surface area contributed by atoms with Crippen LogP contribution in [0.15, 0.2) is 58.8 Å². The second kappa shape index (κ2) is 6.65. The Morgan fingerprint density at radius 3 is 2.53 bits per heavy atom. The molecule has 0 saturated heterocycles. The summed E-state index contributed by atoms with van der Waals surface area (Å²) < 4.78 is 60.3. The van der Waals surface area contributed by atoms with Gasteiger partial charge >= 0.3 is 6.18 Å². The van der Waals surface area contributed by atoms with Crippen LogP contribution in [0, 0.1) is 0 Å². The molecule has 1 saturated carbocycles. The summed E-state index contributed by atoms with van der Waals surface area (Å²) >= 11 is 0. The zero-order valence-electron chi connectivity index (χ0n) is 15.6. The van der Waals surface area contributed by atoms with Crippen LogP contribution in [0.4, 0.5) is 23.4 Å². The summed E-state index contributed by atoms with van der Waals surface area (Å²) in [6, 6.07) is 11.8. The predicted molar refractivity (Wildman–Crippen MR) is 105 cm³/mol. The Hall–Kier alpha value is -3.22. The number of rotatable bonds is 4. The first-order valence-electron chi connectivity index (χ1n) is 9.59. The van der Waals surface area contributed by atoms with E-state index >= 15 is 0 Å². The third-order valence-electron chi connectivity index (χ3n) is 5.44. The minimum atomic E-state index is -4.53. The van der Waals surface area contributed by atoms with E-state index in [4.69, 9.17) is 4.42 Å². The molecule has 2 aliphatic rings. The first-order chi connectivity index (χ1) is 14.3. The van der Waals surface area contributed by atoms with E-state index in [9.17, 15) is 22.7 Å². The number of halogens is 4. The largest absolute Gasteiger partial charge is 0.504 e. The Morgan fingerprint density at radius 2 is 1.80 bits per heavy atom. The van der Waals surface area contributed by atoms with Crippen molar-refractivity contribution in [1.82, 2.24) is 0 Å². The molecule has 1 heterocycles. The number of fused-ring (bicyclic) bond motifs is 1. The first kappa shape index (κ1) is 18.8. The van der Waals surface area contributed by atoms with Gasteiger partial charge in [-0.15, -0.1) is 0 Å². The number of benzene rings is 2. The van der Waals surface area contributed by atoms with Gasteiger partial charge in [-0.3, -0.25) is 0 Å². The molecule has 0 bridgehead atoms. The van der Waals surface area contributed by atoms with Crippen LogP contribution < -0.4 is 5.32 Å². The minimum absolute atomic E-state index is 0.0238. The molecule has 7 heteroatoms. The Kier molecular flexibility index (Phi) is 4.17. The Bertz CT molecular complexity index is 1160. The van der Waals surface area contributed by atoms with E-state index in [1.807, 2.05) is 0 Å². The molecule has 5 rings (SSSR count). The Labute approximate surface area is 169 Å². The van der Waals surface area contributed by atoms with Gasteiger partial charge in [0, 0.05) is 6.04 Å². The number of aromatic hydroxyl groups is 1. The van der Waals surface area contributed by atoms with E-state index < -0.39 is 23.5 Å². The first-order valence-corrected chi connectivity index (χ1v) is 9.59. The summed E-state index contributed by atoms with van der Waals surface area (Å²) in [7, 11) is 0. The maximum Gasteiger partial charge on any atom is 0.416 e. The monoisotopic (exact) mass is 415 g/mol. The maximum atomic E-state index is 14.8. The van der Waals surface area contributed by atoms with Crippen molar-refractivity contribution in [1.29, 1.82) is 0 Å². The lowest BCUT2D eigenvalue weighted by atomic mass is 9.95. The Morgan fingerprint density at radius 1 is 1.03 bits per heavy atom. The van der Waals surface area contributed by atoms with Gasteiger partial charge < -0.3 is 14.8 Å². The molecular formula is C23H17F4NO2. The quantitative estimate of drug-likeness (QED) is 0.466. The van der Waals surface area contributed by atoms with Gasteiger partial charge in [-0.2, -0.15) is 13.2 Å². The summed E-state index contributed by atoms with van der Waals surface area (Å²) in [5.41, 5.74) is 0.730. The molecule has 0 aliphatic heterocycles. The van der Waals surface area contributed by atoms with Gasteiger partial charge in [-0.25, -0.2) is 4.39 Å². The summed E-state index contributed by atoms with van der Waals surface area (Å²) in [6.45, 7) is 0. The van der Waals surface area contributed by atoms with Crippen molar-refractivity contribution in [3.05, 3.63) is 76.8 Å². The Balaban J connectivity index is 1.66. The van der Waals surface area contributed by atoms with Crippen LogP contribution in [0.25, 0.3) is 17.2 Å². The van der Waals surface area contributed by atoms with E-state index in [-0.39, 0.29) is 34.6 Å². The lowest BCUT2D eigenvalue weighted by molar-refractivity contribution is -0.137. The average Bonchev–Trinajstić information content (AvgIpc) is 3.38. The van der Waals surface area contributed by atoms with E-state index in [0.717, 1.165) is 25.0 Å². The van der Waals surface area contributed by atoms with E-state index in [0.29, 0.717) is 11.1 Å². The smallest absolute Gasteiger partial charge is 0.416 e. The molecule has 2 N–H and O–H groups in total. The highest BCUT2D eigenvalue weighted by atomic mass is 19.4. The van der Waals surface area contributed by atoms with Crippen LogP contribution >= 0.6 is 0 Å². The van der Waals surface area contributed by atoms with Crippen LogP contribution in [0.5, 0.6) is 5.75 Å². The fourth-order valence-electron chi connectivity index (χ4n) is 3.82. The van der Waals surface area contributed by atoms with Crippen LogP contribution in [0.2, 0.25) is 0 Å². The zero-order valence-corrected chi connectivity index (χ0v) is 15.6. The lowest BCUT2D eigenvalue weighted by Gasteiger charge is -2.10. The fourth-order valence-corrected chi connectivity index (χ4v) is 3.82. The number of anilines is 1. The van der Waals surface area contributed by atoms with E-state index in [2.05, 4.69) is 5.32 Å². The number of nitrogens with one attached hydrogen (secondary N) is 1. The van der Waals surface area contributed by atoms with Crippen molar-refractivity contribution in [2.75, 3.05) is 5.32 Å². The minimum Gasteiger partial charge on any atom is -0.504 e. The van der Waals surface area contributed by atoms with Gasteiger partial charge in [0.1, 0.15) is 5.83 Å². The van der Waals surface area contributed by atoms with Gasteiger partial charge in [-0.1, -0.05) is 36.4 Å². The summed E-state index contributed by atoms with van der Waals surface area (Å²) in [5.74, 6) is -1.66. The van der Waals surface area contributed by atoms with Crippen LogP contribution in [-0.2, 0) is 6.18 Å². The van der Waals surface area contributed by atoms with Gasteiger partial charge in [0.2, 0.25) is 5.88 Å². The van der Waals surface area contributed by atoms with Crippen LogP contribution in [0.3, 0.4) is 0 Å². The fraction of sp³-hybridized carbons (Fsp3) is 0.217. The average molecular weight is 415 g/mol. The second-order valence-corrected chi connectivity index (χ2v) is 7.61.